The summed E-state index contributed by atoms with van der Waals surface area (Å²) in [7, 11) is 0. The van der Waals surface area contributed by atoms with Crippen molar-refractivity contribution < 1.29 is 4.79 Å². The van der Waals surface area contributed by atoms with Crippen LogP contribution in [0.5, 0.6) is 0 Å². The molecule has 1 aromatic carbocycles. The Labute approximate surface area is 140 Å². The summed E-state index contributed by atoms with van der Waals surface area (Å²) in [6.45, 7) is 9.78. The number of carbonyl (C=O) groups is 1. The number of nitrogens with one attached hydrogen (secondary N) is 1. The zero-order valence-corrected chi connectivity index (χ0v) is 14.4. The average molecular weight is 315 g/mol. The summed E-state index contributed by atoms with van der Waals surface area (Å²) in [5.74, 6) is 0.157. The molecule has 0 radical (unpaired) electrons. The SMILES string of the molecule is CCCNC(=O)[C@@H](C)N1CCN(C/C=C/c2ccccc2)CC1. The number of nitrogens with zero attached hydrogens (tertiary/aromatic N) is 2. The Bertz CT molecular complexity index is 493. The van der Waals surface area contributed by atoms with Gasteiger partial charge < -0.3 is 5.32 Å². The Kier molecular flexibility index (Phi) is 7.30. The van der Waals surface area contributed by atoms with Gasteiger partial charge in [0.25, 0.3) is 0 Å². The van der Waals surface area contributed by atoms with E-state index in [0.717, 1.165) is 45.7 Å². The molecule has 1 atom stereocenters. The molecule has 1 aliphatic heterocycles. The minimum Gasteiger partial charge on any atom is -0.355 e. The molecule has 126 valence electrons. The van der Waals surface area contributed by atoms with E-state index in [2.05, 4.69) is 58.5 Å². The van der Waals surface area contributed by atoms with E-state index in [1.165, 1.54) is 5.56 Å². The Morgan fingerprint density at radius 3 is 2.57 bits per heavy atom. The highest BCUT2D eigenvalue weighted by molar-refractivity contribution is 5.81. The topological polar surface area (TPSA) is 35.6 Å². The molecule has 1 aromatic rings. The van der Waals surface area contributed by atoms with Crippen molar-refractivity contribution in [2.75, 3.05) is 39.3 Å². The molecule has 1 heterocycles. The smallest absolute Gasteiger partial charge is 0.237 e. The number of carbonyl (C=O) groups excluding carboxylic acids is 1. The van der Waals surface area contributed by atoms with Gasteiger partial charge in [-0.15, -0.1) is 0 Å². The summed E-state index contributed by atoms with van der Waals surface area (Å²) in [4.78, 5) is 16.8. The first-order valence-electron chi connectivity index (χ1n) is 8.66. The fraction of sp³-hybridized carbons (Fsp3) is 0.526. The van der Waals surface area contributed by atoms with E-state index in [1.807, 2.05) is 13.0 Å². The van der Waals surface area contributed by atoms with Gasteiger partial charge in [-0.25, -0.2) is 0 Å². The van der Waals surface area contributed by atoms with E-state index in [0.29, 0.717) is 0 Å². The molecular formula is C19H29N3O. The third-order valence-corrected chi connectivity index (χ3v) is 4.36. The molecule has 0 aromatic heterocycles. The Balaban J connectivity index is 1.71. The number of amides is 1. The van der Waals surface area contributed by atoms with Gasteiger partial charge >= 0.3 is 0 Å². The average Bonchev–Trinajstić information content (AvgIpc) is 2.60. The third kappa shape index (κ3) is 5.81. The van der Waals surface area contributed by atoms with Crippen molar-refractivity contribution >= 4 is 12.0 Å². The van der Waals surface area contributed by atoms with Gasteiger partial charge in [-0.1, -0.05) is 49.4 Å². The highest BCUT2D eigenvalue weighted by atomic mass is 16.2. The second-order valence-electron chi connectivity index (χ2n) is 6.12. The van der Waals surface area contributed by atoms with Crippen molar-refractivity contribution in [3.05, 3.63) is 42.0 Å². The molecule has 0 bridgehead atoms. The summed E-state index contributed by atoms with van der Waals surface area (Å²) in [6.07, 6.45) is 5.38. The minimum absolute atomic E-state index is 0.0245. The van der Waals surface area contributed by atoms with Crippen LogP contribution in [0, 0.1) is 0 Å². The van der Waals surface area contributed by atoms with Crippen molar-refractivity contribution in [3.63, 3.8) is 0 Å². The van der Waals surface area contributed by atoms with Gasteiger partial charge in [0.2, 0.25) is 5.91 Å². The van der Waals surface area contributed by atoms with E-state index >= 15 is 0 Å². The number of hydrogen-bond donors (Lipinski definition) is 1. The molecule has 0 unspecified atom stereocenters. The first-order valence-corrected chi connectivity index (χ1v) is 8.66. The van der Waals surface area contributed by atoms with E-state index in [-0.39, 0.29) is 11.9 Å². The number of benzene rings is 1. The summed E-state index contributed by atoms with van der Waals surface area (Å²) in [5.41, 5.74) is 1.24. The molecule has 2 rings (SSSR count). The zero-order valence-electron chi connectivity index (χ0n) is 14.4. The van der Waals surface area contributed by atoms with Crippen LogP contribution in [0.4, 0.5) is 0 Å². The van der Waals surface area contributed by atoms with Gasteiger partial charge in [0.05, 0.1) is 6.04 Å². The maximum atomic E-state index is 12.0. The Morgan fingerprint density at radius 2 is 1.91 bits per heavy atom. The molecule has 0 saturated carbocycles. The standard InChI is InChI=1S/C19H29N3O/c1-3-11-20-19(23)17(2)22-15-13-21(14-16-22)12-7-10-18-8-5-4-6-9-18/h4-10,17H,3,11-16H2,1-2H3,(H,20,23)/b10-7+/t17-/m1/s1. The van der Waals surface area contributed by atoms with E-state index in [1.54, 1.807) is 0 Å². The monoisotopic (exact) mass is 315 g/mol. The predicted molar refractivity (Wildman–Crippen MR) is 96.3 cm³/mol. The molecule has 23 heavy (non-hydrogen) atoms. The van der Waals surface area contributed by atoms with Crippen LogP contribution in [0.15, 0.2) is 36.4 Å². The lowest BCUT2D eigenvalue weighted by molar-refractivity contribution is -0.126. The molecule has 1 amide bonds. The largest absolute Gasteiger partial charge is 0.355 e. The summed E-state index contributed by atoms with van der Waals surface area (Å²) < 4.78 is 0. The van der Waals surface area contributed by atoms with Crippen LogP contribution in [0.3, 0.4) is 0 Å². The lowest BCUT2D eigenvalue weighted by Gasteiger charge is -2.37. The zero-order chi connectivity index (χ0) is 16.5. The lowest BCUT2D eigenvalue weighted by atomic mass is 10.2. The maximum Gasteiger partial charge on any atom is 0.237 e. The second kappa shape index (κ2) is 9.48. The molecular weight excluding hydrogens is 286 g/mol. The van der Waals surface area contributed by atoms with Crippen LogP contribution in [-0.4, -0.2) is 61.0 Å². The molecule has 1 fully saturated rings. The predicted octanol–water partition coefficient (Wildman–Crippen LogP) is 2.23. The van der Waals surface area contributed by atoms with Crippen LogP contribution in [-0.2, 0) is 4.79 Å². The van der Waals surface area contributed by atoms with Gasteiger partial charge in [0.1, 0.15) is 0 Å². The Hall–Kier alpha value is -1.65. The van der Waals surface area contributed by atoms with Crippen molar-refractivity contribution in [2.45, 2.75) is 26.3 Å². The molecule has 1 aliphatic rings. The van der Waals surface area contributed by atoms with E-state index < -0.39 is 0 Å². The Morgan fingerprint density at radius 1 is 1.22 bits per heavy atom. The quantitative estimate of drug-likeness (QED) is 0.838. The van der Waals surface area contributed by atoms with Gasteiger partial charge in [0.15, 0.2) is 0 Å². The highest BCUT2D eigenvalue weighted by Crippen LogP contribution is 2.07. The minimum atomic E-state index is -0.0245. The van der Waals surface area contributed by atoms with Crippen LogP contribution in [0.25, 0.3) is 6.08 Å². The first-order chi connectivity index (χ1) is 11.2. The summed E-state index contributed by atoms with van der Waals surface area (Å²) in [6, 6.07) is 10.4. The molecule has 1 N–H and O–H groups in total. The van der Waals surface area contributed by atoms with Crippen LogP contribution < -0.4 is 5.32 Å². The van der Waals surface area contributed by atoms with Crippen molar-refractivity contribution in [3.8, 4) is 0 Å². The van der Waals surface area contributed by atoms with Gasteiger partial charge in [0, 0.05) is 39.3 Å². The van der Waals surface area contributed by atoms with Crippen molar-refractivity contribution in [2.24, 2.45) is 0 Å². The summed E-state index contributed by atoms with van der Waals surface area (Å²) in [5, 5.41) is 2.99. The highest BCUT2D eigenvalue weighted by Gasteiger charge is 2.24. The van der Waals surface area contributed by atoms with E-state index in [9.17, 15) is 4.79 Å². The van der Waals surface area contributed by atoms with Gasteiger partial charge in [-0.3, -0.25) is 14.6 Å². The fourth-order valence-corrected chi connectivity index (χ4v) is 2.80. The third-order valence-electron chi connectivity index (χ3n) is 4.36. The van der Waals surface area contributed by atoms with Crippen molar-refractivity contribution in [1.82, 2.24) is 15.1 Å². The van der Waals surface area contributed by atoms with Crippen molar-refractivity contribution in [1.29, 1.82) is 0 Å². The second-order valence-corrected chi connectivity index (χ2v) is 6.12. The van der Waals surface area contributed by atoms with E-state index in [4.69, 9.17) is 0 Å². The molecule has 4 heteroatoms. The number of piperazine rings is 1. The fourth-order valence-electron chi connectivity index (χ4n) is 2.80. The van der Waals surface area contributed by atoms with Crippen LogP contribution >= 0.6 is 0 Å². The number of rotatable bonds is 7. The van der Waals surface area contributed by atoms with Gasteiger partial charge in [-0.2, -0.15) is 0 Å². The normalized spacial score (nSPS) is 18.2. The molecule has 1 saturated heterocycles. The van der Waals surface area contributed by atoms with Crippen LogP contribution in [0.1, 0.15) is 25.8 Å². The maximum absolute atomic E-state index is 12.0. The van der Waals surface area contributed by atoms with Crippen LogP contribution in [0.2, 0.25) is 0 Å². The van der Waals surface area contributed by atoms with Gasteiger partial charge in [-0.05, 0) is 18.9 Å². The number of hydrogen-bond acceptors (Lipinski definition) is 3. The first kappa shape index (κ1) is 17.7. The molecule has 0 aliphatic carbocycles. The molecule has 4 nitrogen and oxygen atoms in total. The molecule has 0 spiro atoms. The summed E-state index contributed by atoms with van der Waals surface area (Å²) >= 11 is 0. The lowest BCUT2D eigenvalue weighted by Crippen LogP contribution is -2.53.